The van der Waals surface area contributed by atoms with Crippen LogP contribution in [-0.2, 0) is 9.16 Å². The van der Waals surface area contributed by atoms with Crippen molar-refractivity contribution in [2.24, 2.45) is 0 Å². The van der Waals surface area contributed by atoms with Gasteiger partial charge in [-0.1, -0.05) is 20.8 Å². The van der Waals surface area contributed by atoms with E-state index >= 15 is 0 Å². The molecule has 0 radical (unpaired) electrons. The van der Waals surface area contributed by atoms with Crippen LogP contribution in [0.5, 0.6) is 0 Å². The lowest BCUT2D eigenvalue weighted by atomic mass is 9.86. The number of aliphatic hydroxyl groups excluding tert-OH is 1. The molecule has 0 aromatic heterocycles. The highest BCUT2D eigenvalue weighted by Gasteiger charge is 2.63. The fourth-order valence-corrected chi connectivity index (χ4v) is 3.75. The molecule has 2 aliphatic rings. The normalized spacial score (nSPS) is 42.2. The SMILES string of the molecule is CC(C)(C)[Si](C)(C)OC1CC(O)CC2O[C@]21C. The lowest BCUT2D eigenvalue weighted by molar-refractivity contribution is 0.0309. The summed E-state index contributed by atoms with van der Waals surface area (Å²) in [5, 5.41) is 10.1. The van der Waals surface area contributed by atoms with E-state index in [1.54, 1.807) is 0 Å². The van der Waals surface area contributed by atoms with Crippen LogP contribution in [0.2, 0.25) is 18.1 Å². The number of aliphatic hydroxyl groups is 1. The molecule has 0 aromatic carbocycles. The third kappa shape index (κ3) is 2.32. The fourth-order valence-electron chi connectivity index (χ4n) is 2.36. The van der Waals surface area contributed by atoms with Crippen LogP contribution in [-0.4, -0.2) is 37.3 Å². The van der Waals surface area contributed by atoms with Crippen LogP contribution in [0.15, 0.2) is 0 Å². The van der Waals surface area contributed by atoms with E-state index in [0.29, 0.717) is 0 Å². The van der Waals surface area contributed by atoms with E-state index in [4.69, 9.17) is 9.16 Å². The van der Waals surface area contributed by atoms with Crippen molar-refractivity contribution in [3.63, 3.8) is 0 Å². The molecule has 1 aliphatic heterocycles. The van der Waals surface area contributed by atoms with Crippen LogP contribution in [0.4, 0.5) is 0 Å². The zero-order valence-electron chi connectivity index (χ0n) is 11.9. The molecule has 4 atom stereocenters. The zero-order valence-corrected chi connectivity index (χ0v) is 12.9. The number of hydrogen-bond acceptors (Lipinski definition) is 3. The van der Waals surface area contributed by atoms with Gasteiger partial charge in [-0.05, 0) is 25.1 Å². The van der Waals surface area contributed by atoms with Gasteiger partial charge in [-0.15, -0.1) is 0 Å². The summed E-state index contributed by atoms with van der Waals surface area (Å²) in [6.45, 7) is 13.4. The average Bonchev–Trinajstić information content (AvgIpc) is 2.74. The molecular formula is C13H26O3Si. The zero-order chi connectivity index (χ0) is 13.1. The summed E-state index contributed by atoms with van der Waals surface area (Å²) in [6, 6.07) is 0. The maximum absolute atomic E-state index is 9.85. The van der Waals surface area contributed by atoms with Crippen LogP contribution in [0, 0.1) is 0 Å². The molecular weight excluding hydrogens is 232 g/mol. The summed E-state index contributed by atoms with van der Waals surface area (Å²) in [5.74, 6) is 0. The van der Waals surface area contributed by atoms with Gasteiger partial charge in [0.2, 0.25) is 0 Å². The smallest absolute Gasteiger partial charge is 0.192 e. The lowest BCUT2D eigenvalue weighted by Gasteiger charge is -2.42. The van der Waals surface area contributed by atoms with Gasteiger partial charge in [0.15, 0.2) is 8.32 Å². The summed E-state index contributed by atoms with van der Waals surface area (Å²) in [7, 11) is -1.78. The average molecular weight is 258 g/mol. The molecule has 1 N–H and O–H groups in total. The molecule has 1 saturated heterocycles. The van der Waals surface area contributed by atoms with E-state index in [2.05, 4.69) is 40.8 Å². The summed E-state index contributed by atoms with van der Waals surface area (Å²) in [6.07, 6.45) is 1.51. The highest BCUT2D eigenvalue weighted by molar-refractivity contribution is 6.74. The molecule has 17 heavy (non-hydrogen) atoms. The molecule has 0 amide bonds. The molecule has 4 heteroatoms. The maximum atomic E-state index is 9.85. The van der Waals surface area contributed by atoms with Crippen LogP contribution in [0.3, 0.4) is 0 Å². The van der Waals surface area contributed by atoms with Crippen molar-refractivity contribution in [1.29, 1.82) is 0 Å². The van der Waals surface area contributed by atoms with Crippen molar-refractivity contribution in [2.75, 3.05) is 0 Å². The second kappa shape index (κ2) is 3.79. The minimum Gasteiger partial charge on any atom is -0.411 e. The van der Waals surface area contributed by atoms with Crippen LogP contribution in [0.25, 0.3) is 0 Å². The first-order valence-electron chi connectivity index (χ1n) is 6.60. The molecule has 1 saturated carbocycles. The molecule has 0 bridgehead atoms. The summed E-state index contributed by atoms with van der Waals surface area (Å²) in [4.78, 5) is 0. The van der Waals surface area contributed by atoms with Gasteiger partial charge >= 0.3 is 0 Å². The third-order valence-electron chi connectivity index (χ3n) is 4.83. The van der Waals surface area contributed by atoms with Crippen molar-refractivity contribution in [3.05, 3.63) is 0 Å². The van der Waals surface area contributed by atoms with Crippen molar-refractivity contribution in [1.82, 2.24) is 0 Å². The van der Waals surface area contributed by atoms with E-state index in [9.17, 15) is 5.11 Å². The molecule has 0 aromatic rings. The molecule has 2 fully saturated rings. The Kier molecular flexibility index (Phi) is 3.02. The van der Waals surface area contributed by atoms with Crippen LogP contribution >= 0.6 is 0 Å². The monoisotopic (exact) mass is 258 g/mol. The summed E-state index contributed by atoms with van der Waals surface area (Å²) >= 11 is 0. The molecule has 1 aliphatic carbocycles. The van der Waals surface area contributed by atoms with Crippen molar-refractivity contribution in [2.45, 2.75) is 82.6 Å². The highest BCUT2D eigenvalue weighted by Crippen LogP contribution is 2.51. The van der Waals surface area contributed by atoms with Crippen LogP contribution in [0.1, 0.15) is 40.5 Å². The molecule has 2 rings (SSSR count). The second-order valence-electron chi connectivity index (χ2n) is 7.28. The van der Waals surface area contributed by atoms with Gasteiger partial charge in [0, 0.05) is 12.8 Å². The Balaban J connectivity index is 2.08. The minimum atomic E-state index is -1.78. The third-order valence-corrected chi connectivity index (χ3v) is 9.32. The van der Waals surface area contributed by atoms with E-state index < -0.39 is 8.32 Å². The molecule has 3 unspecified atom stereocenters. The molecule has 1 heterocycles. The van der Waals surface area contributed by atoms with Gasteiger partial charge < -0.3 is 14.3 Å². The Morgan fingerprint density at radius 1 is 1.29 bits per heavy atom. The van der Waals surface area contributed by atoms with Crippen molar-refractivity contribution in [3.8, 4) is 0 Å². The quantitative estimate of drug-likeness (QED) is 0.611. The van der Waals surface area contributed by atoms with Crippen molar-refractivity contribution >= 4 is 8.32 Å². The standard InChI is InChI=1S/C13H26O3Si/c1-12(2,3)17(5,6)16-11-8-9(14)7-10-13(11,4)15-10/h9-11,14H,7-8H2,1-6H3/t9?,10?,11?,13-/m1/s1. The summed E-state index contributed by atoms with van der Waals surface area (Å²) < 4.78 is 12.2. The first-order chi connectivity index (χ1) is 7.56. The highest BCUT2D eigenvalue weighted by atomic mass is 28.4. The number of epoxide rings is 1. The van der Waals surface area contributed by atoms with Gasteiger partial charge in [-0.3, -0.25) is 0 Å². The first kappa shape index (κ1) is 13.5. The minimum absolute atomic E-state index is 0.0668. The maximum Gasteiger partial charge on any atom is 0.192 e. The Morgan fingerprint density at radius 3 is 2.41 bits per heavy atom. The number of hydrogen-bond donors (Lipinski definition) is 1. The van der Waals surface area contributed by atoms with E-state index in [1.165, 1.54) is 0 Å². The number of fused-ring (bicyclic) bond motifs is 1. The van der Waals surface area contributed by atoms with E-state index in [1.807, 2.05) is 0 Å². The number of ether oxygens (including phenoxy) is 1. The molecule has 0 spiro atoms. The Morgan fingerprint density at radius 2 is 1.88 bits per heavy atom. The second-order valence-corrected chi connectivity index (χ2v) is 12.0. The van der Waals surface area contributed by atoms with Gasteiger partial charge in [0.05, 0.1) is 18.3 Å². The molecule has 3 nitrogen and oxygen atoms in total. The predicted octanol–water partition coefficient (Wildman–Crippen LogP) is 2.69. The first-order valence-corrected chi connectivity index (χ1v) is 9.51. The predicted molar refractivity (Wildman–Crippen MR) is 70.6 cm³/mol. The lowest BCUT2D eigenvalue weighted by Crippen LogP contribution is -2.50. The van der Waals surface area contributed by atoms with E-state index in [-0.39, 0.29) is 29.0 Å². The van der Waals surface area contributed by atoms with Crippen molar-refractivity contribution < 1.29 is 14.3 Å². The fraction of sp³-hybridized carbons (Fsp3) is 1.00. The topological polar surface area (TPSA) is 42.0 Å². The van der Waals surface area contributed by atoms with Crippen LogP contribution < -0.4 is 0 Å². The van der Waals surface area contributed by atoms with Gasteiger partial charge in [-0.25, -0.2) is 0 Å². The molecule has 100 valence electrons. The number of rotatable bonds is 2. The van der Waals surface area contributed by atoms with E-state index in [0.717, 1.165) is 12.8 Å². The van der Waals surface area contributed by atoms with Gasteiger partial charge in [0.25, 0.3) is 0 Å². The Hall–Kier alpha value is 0.0969. The summed E-state index contributed by atoms with van der Waals surface area (Å²) in [5.41, 5.74) is -0.130. The van der Waals surface area contributed by atoms with Gasteiger partial charge in [-0.2, -0.15) is 0 Å². The Labute approximate surface area is 106 Å². The van der Waals surface area contributed by atoms with Gasteiger partial charge in [0.1, 0.15) is 5.60 Å². The largest absolute Gasteiger partial charge is 0.411 e. The Bertz CT molecular complexity index is 310.